The Morgan fingerprint density at radius 2 is 1.82 bits per heavy atom. The van der Waals surface area contributed by atoms with Crippen molar-refractivity contribution in [2.45, 2.75) is 47.8 Å². The van der Waals surface area contributed by atoms with Crippen LogP contribution in [0.4, 0.5) is 0 Å². The topological polar surface area (TPSA) is 192 Å². The molecule has 10 N–H and O–H groups in total. The van der Waals surface area contributed by atoms with E-state index in [2.05, 4.69) is 10.3 Å². The molecule has 11 heteroatoms. The van der Waals surface area contributed by atoms with Gasteiger partial charge in [0.1, 0.15) is 23.9 Å². The Hall–Kier alpha value is -1.05. The molecule has 9 atom stereocenters. The minimum Gasteiger partial charge on any atom is -0.393 e. The van der Waals surface area contributed by atoms with Gasteiger partial charge in [-0.1, -0.05) is 0 Å². The van der Waals surface area contributed by atoms with E-state index in [1.54, 1.807) is 0 Å². The third-order valence-electron chi connectivity index (χ3n) is 5.28. The lowest BCUT2D eigenvalue weighted by atomic mass is 9.55. The predicted octanol–water partition coefficient (Wildman–Crippen LogP) is -7.44. The highest BCUT2D eigenvalue weighted by Crippen LogP contribution is 2.57. The normalized spacial score (nSPS) is 62.4. The molecule has 0 aromatic heterocycles. The SMILES string of the molecule is NC1=[NH+][C@@H](O)[C@H]2[C@H]3O[C@]4(O)O[C@@H]([C@@H](O)[C@@]2(N1)[C@@H]4O)[C@@]3(O)CO. The first kappa shape index (κ1) is 14.5. The molecule has 4 heterocycles. The van der Waals surface area contributed by atoms with Gasteiger partial charge in [0.15, 0.2) is 17.9 Å². The maximum atomic E-state index is 10.6. The average molecular weight is 320 g/mol. The third-order valence-corrected chi connectivity index (χ3v) is 5.28. The first-order valence-corrected chi connectivity index (χ1v) is 6.83. The molecule has 1 spiro atoms. The molecular formula is C11H18N3O8+. The highest BCUT2D eigenvalue weighted by atomic mass is 16.9. The van der Waals surface area contributed by atoms with E-state index in [9.17, 15) is 30.6 Å². The zero-order chi connectivity index (χ0) is 16.1. The van der Waals surface area contributed by atoms with E-state index in [1.807, 2.05) is 0 Å². The quantitative estimate of drug-likeness (QED) is 0.224. The lowest BCUT2D eigenvalue weighted by Gasteiger charge is -2.69. The van der Waals surface area contributed by atoms with Gasteiger partial charge >= 0.3 is 11.9 Å². The molecule has 3 saturated heterocycles. The number of nitrogens with one attached hydrogen (secondary N) is 2. The number of aliphatic hydroxyl groups excluding tert-OH is 4. The lowest BCUT2D eigenvalue weighted by molar-refractivity contribution is -0.621. The molecule has 5 aliphatic rings. The van der Waals surface area contributed by atoms with Crippen LogP contribution in [0.2, 0.25) is 0 Å². The minimum atomic E-state index is -2.50. The summed E-state index contributed by atoms with van der Waals surface area (Å²) in [7, 11) is 0. The molecule has 22 heavy (non-hydrogen) atoms. The fourth-order valence-corrected chi connectivity index (χ4v) is 4.30. The van der Waals surface area contributed by atoms with Crippen molar-refractivity contribution in [1.29, 1.82) is 0 Å². The summed E-state index contributed by atoms with van der Waals surface area (Å²) in [6, 6.07) is 0. The zero-order valence-corrected chi connectivity index (χ0v) is 11.2. The Morgan fingerprint density at radius 1 is 1.18 bits per heavy atom. The van der Waals surface area contributed by atoms with Gasteiger partial charge in [-0.05, 0) is 0 Å². The second-order valence-corrected chi connectivity index (χ2v) is 6.29. The summed E-state index contributed by atoms with van der Waals surface area (Å²) >= 11 is 0. The fraction of sp³-hybridized carbons (Fsp3) is 0.909. The highest BCUT2D eigenvalue weighted by Gasteiger charge is 2.84. The molecule has 124 valence electrons. The van der Waals surface area contributed by atoms with Gasteiger partial charge in [-0.2, -0.15) is 0 Å². The van der Waals surface area contributed by atoms with E-state index >= 15 is 0 Å². The van der Waals surface area contributed by atoms with Gasteiger partial charge in [-0.15, -0.1) is 0 Å². The van der Waals surface area contributed by atoms with Crippen LogP contribution in [-0.2, 0) is 9.47 Å². The zero-order valence-electron chi connectivity index (χ0n) is 11.2. The Balaban J connectivity index is 1.95. The number of guanidine groups is 1. The second-order valence-electron chi connectivity index (χ2n) is 6.29. The Labute approximate surface area is 123 Å². The van der Waals surface area contributed by atoms with Crippen LogP contribution in [0.15, 0.2) is 0 Å². The molecule has 11 nitrogen and oxygen atoms in total. The van der Waals surface area contributed by atoms with Crippen molar-refractivity contribution in [2.24, 2.45) is 11.7 Å². The molecule has 4 aliphatic heterocycles. The van der Waals surface area contributed by atoms with Gasteiger partial charge in [0.05, 0.1) is 12.5 Å². The molecule has 0 aromatic carbocycles. The van der Waals surface area contributed by atoms with Crippen LogP contribution in [0.3, 0.4) is 0 Å². The maximum Gasteiger partial charge on any atom is 0.343 e. The van der Waals surface area contributed by atoms with Crippen molar-refractivity contribution in [3.63, 3.8) is 0 Å². The number of aliphatic hydroxyl groups is 6. The standard InChI is InChI=1S/C11H17N3O8/c12-8-13-6(17)2-4-9(19,1-15)5-3(16)10(2,14-8)7(18)11(20,21-4)22-5/h2-7,15-20H,1H2,(H3,12,13,14)/p+1/t2-,3-,4-,5+,6+,7+,9-,10-,11+/m1/s1. The summed E-state index contributed by atoms with van der Waals surface area (Å²) in [5.41, 5.74) is 1.84. The fourth-order valence-electron chi connectivity index (χ4n) is 4.30. The summed E-state index contributed by atoms with van der Waals surface area (Å²) in [5, 5.41) is 64.5. The minimum absolute atomic E-state index is 0.125. The van der Waals surface area contributed by atoms with Gasteiger partial charge in [0.25, 0.3) is 0 Å². The van der Waals surface area contributed by atoms with Crippen molar-refractivity contribution in [1.82, 2.24) is 5.32 Å². The van der Waals surface area contributed by atoms with Crippen LogP contribution in [0.25, 0.3) is 0 Å². The van der Waals surface area contributed by atoms with Crippen molar-refractivity contribution in [3.8, 4) is 0 Å². The molecule has 1 aliphatic carbocycles. The number of nitrogens with two attached hydrogens (primary N) is 1. The van der Waals surface area contributed by atoms with Crippen LogP contribution < -0.4 is 16.0 Å². The van der Waals surface area contributed by atoms with Crippen LogP contribution in [0.1, 0.15) is 0 Å². The lowest BCUT2D eigenvalue weighted by Crippen LogP contribution is -3.03. The van der Waals surface area contributed by atoms with E-state index < -0.39 is 60.3 Å². The van der Waals surface area contributed by atoms with Crippen molar-refractivity contribution >= 4 is 5.96 Å². The molecule has 0 amide bonds. The molecule has 4 bridgehead atoms. The van der Waals surface area contributed by atoms with Crippen LogP contribution in [0, 0.1) is 5.92 Å². The van der Waals surface area contributed by atoms with E-state index in [0.717, 1.165) is 0 Å². The van der Waals surface area contributed by atoms with Gasteiger partial charge in [0.2, 0.25) is 0 Å². The van der Waals surface area contributed by atoms with Crippen LogP contribution >= 0.6 is 0 Å². The molecule has 5 rings (SSSR count). The summed E-state index contributed by atoms with van der Waals surface area (Å²) in [6.07, 6.45) is -7.56. The Kier molecular flexibility index (Phi) is 2.57. The van der Waals surface area contributed by atoms with E-state index in [0.29, 0.717) is 0 Å². The summed E-state index contributed by atoms with van der Waals surface area (Å²) in [4.78, 5) is 2.47. The molecule has 0 radical (unpaired) electrons. The van der Waals surface area contributed by atoms with E-state index in [-0.39, 0.29) is 5.96 Å². The van der Waals surface area contributed by atoms with Gasteiger partial charge < -0.3 is 40.1 Å². The third kappa shape index (κ3) is 1.28. The smallest absolute Gasteiger partial charge is 0.343 e. The van der Waals surface area contributed by atoms with Gasteiger partial charge in [-0.3, -0.25) is 16.0 Å². The number of hydrogen-bond acceptors (Lipinski definition) is 10. The van der Waals surface area contributed by atoms with E-state index in [1.165, 1.54) is 0 Å². The van der Waals surface area contributed by atoms with Crippen molar-refractivity contribution in [2.75, 3.05) is 6.61 Å². The van der Waals surface area contributed by atoms with Gasteiger partial charge in [0, 0.05) is 0 Å². The second kappa shape index (κ2) is 3.88. The monoisotopic (exact) mass is 320 g/mol. The number of hydrogen-bond donors (Lipinski definition) is 9. The first-order chi connectivity index (χ1) is 10.2. The first-order valence-electron chi connectivity index (χ1n) is 6.83. The maximum absolute atomic E-state index is 10.6. The Morgan fingerprint density at radius 3 is 2.45 bits per heavy atom. The number of ether oxygens (including phenoxy) is 2. The molecule has 4 fully saturated rings. The molecule has 0 unspecified atom stereocenters. The summed E-state index contributed by atoms with van der Waals surface area (Å²) in [5.74, 6) is -3.75. The van der Waals surface area contributed by atoms with Crippen LogP contribution in [-0.4, -0.2) is 91.0 Å². The van der Waals surface area contributed by atoms with Crippen LogP contribution in [0.5, 0.6) is 0 Å². The van der Waals surface area contributed by atoms with E-state index in [4.69, 9.17) is 15.2 Å². The highest BCUT2D eigenvalue weighted by molar-refractivity contribution is 5.74. The summed E-state index contributed by atoms with van der Waals surface area (Å²) in [6.45, 7) is -0.843. The Bertz CT molecular complexity index is 561. The average Bonchev–Trinajstić information content (AvgIpc) is 2.45. The molecular weight excluding hydrogens is 302 g/mol. The number of rotatable bonds is 1. The van der Waals surface area contributed by atoms with Gasteiger partial charge in [-0.25, -0.2) is 0 Å². The predicted molar refractivity (Wildman–Crippen MR) is 64.3 cm³/mol. The molecule has 1 saturated carbocycles. The van der Waals surface area contributed by atoms with Crippen molar-refractivity contribution < 1.29 is 45.1 Å². The largest absolute Gasteiger partial charge is 0.393 e. The molecule has 0 aromatic rings. The van der Waals surface area contributed by atoms with Crippen molar-refractivity contribution in [3.05, 3.63) is 0 Å². The summed E-state index contributed by atoms with van der Waals surface area (Å²) < 4.78 is 10.3.